The van der Waals surface area contributed by atoms with Gasteiger partial charge in [-0.25, -0.2) is 0 Å². The summed E-state index contributed by atoms with van der Waals surface area (Å²) in [5, 5.41) is 2.42. The first-order chi connectivity index (χ1) is 36.0. The van der Waals surface area contributed by atoms with E-state index in [-0.39, 0.29) is 6.71 Å². The van der Waals surface area contributed by atoms with Crippen LogP contribution in [0, 0.1) is 48.5 Å². The fraction of sp³-hybridized carbons (Fsp3) is 0.118. The minimum Gasteiger partial charge on any atom is -0.344 e. The minimum absolute atomic E-state index is 0.145. The van der Waals surface area contributed by atoms with Crippen LogP contribution < -0.4 is 36.0 Å². The number of aryl methyl sites for hydroxylation is 8. The Hall–Kier alpha value is -8.74. The van der Waals surface area contributed by atoms with Gasteiger partial charge < -0.3 is 24.2 Å². The Balaban J connectivity index is 1.24. The lowest BCUT2D eigenvalue weighted by Gasteiger charge is -2.46. The molecule has 5 nitrogen and oxygen atoms in total. The summed E-state index contributed by atoms with van der Waals surface area (Å²) in [6, 6.07) is 78.1. The normalized spacial score (nSPS) is 12.5. The van der Waals surface area contributed by atoms with Crippen LogP contribution in [0.1, 0.15) is 38.9 Å². The van der Waals surface area contributed by atoms with E-state index in [1.54, 1.807) is 0 Å². The SMILES string of the molecule is Cc1ccc(N(c2ccc(C)cc2)c2cc3c4c(c2)N(c2ccc(C)cc2)c2c(cc5c(c2N(c2ccc(C)cc2)c2ccc(C)cc2)c2ccccc2n5C)B4c2cc(C)ccc2N3c2ccc(C)cc2)cc1. The topological polar surface area (TPSA) is 17.9 Å². The third-order valence-electron chi connectivity index (χ3n) is 15.6. The van der Waals surface area contributed by atoms with E-state index in [1.807, 2.05) is 0 Å². The van der Waals surface area contributed by atoms with Crippen LogP contribution in [0.4, 0.5) is 68.2 Å². The van der Waals surface area contributed by atoms with Crippen molar-refractivity contribution >= 4 is 113 Å². The lowest BCUT2D eigenvalue weighted by Crippen LogP contribution is -2.61. The van der Waals surface area contributed by atoms with Crippen molar-refractivity contribution in [2.24, 2.45) is 7.05 Å². The maximum absolute atomic E-state index is 2.62. The lowest BCUT2D eigenvalue weighted by atomic mass is 9.33. The molecule has 0 N–H and O–H groups in total. The molecular formula is C68H58BN5. The number of hydrogen-bond acceptors (Lipinski definition) is 4. The fourth-order valence-electron chi connectivity index (χ4n) is 11.8. The molecule has 13 rings (SSSR count). The van der Waals surface area contributed by atoms with Gasteiger partial charge in [-0.2, -0.15) is 0 Å². The monoisotopic (exact) mass is 955 g/mol. The molecule has 0 radical (unpaired) electrons. The first-order valence-corrected chi connectivity index (χ1v) is 25.9. The fourth-order valence-corrected chi connectivity index (χ4v) is 11.8. The molecule has 0 saturated carbocycles. The number of fused-ring (bicyclic) bond motifs is 7. The van der Waals surface area contributed by atoms with Crippen molar-refractivity contribution in [1.82, 2.24) is 4.57 Å². The summed E-state index contributed by atoms with van der Waals surface area (Å²) in [6.45, 7) is 15.2. The first kappa shape index (κ1) is 45.2. The van der Waals surface area contributed by atoms with E-state index in [4.69, 9.17) is 0 Å². The Morgan fingerprint density at radius 2 is 0.784 bits per heavy atom. The number of rotatable bonds is 8. The number of para-hydroxylation sites is 1. The van der Waals surface area contributed by atoms with Crippen molar-refractivity contribution in [2.75, 3.05) is 19.6 Å². The van der Waals surface area contributed by atoms with E-state index in [0.29, 0.717) is 0 Å². The third-order valence-corrected chi connectivity index (χ3v) is 15.6. The predicted molar refractivity (Wildman–Crippen MR) is 317 cm³/mol. The molecule has 0 bridgehead atoms. The molecule has 0 fully saturated rings. The van der Waals surface area contributed by atoms with Gasteiger partial charge >= 0.3 is 0 Å². The van der Waals surface area contributed by atoms with Crippen LogP contribution in [-0.2, 0) is 7.05 Å². The number of benzene rings is 10. The van der Waals surface area contributed by atoms with Gasteiger partial charge in [0.25, 0.3) is 6.71 Å². The molecule has 0 unspecified atom stereocenters. The molecule has 358 valence electrons. The van der Waals surface area contributed by atoms with Gasteiger partial charge in [-0.3, -0.25) is 0 Å². The zero-order chi connectivity index (χ0) is 50.5. The van der Waals surface area contributed by atoms with Crippen molar-refractivity contribution in [3.8, 4) is 0 Å². The summed E-state index contributed by atoms with van der Waals surface area (Å²) in [6.07, 6.45) is 0. The zero-order valence-electron chi connectivity index (χ0n) is 43.4. The van der Waals surface area contributed by atoms with Crippen LogP contribution in [-0.4, -0.2) is 11.3 Å². The van der Waals surface area contributed by atoms with Crippen LogP contribution in [0.25, 0.3) is 21.8 Å². The van der Waals surface area contributed by atoms with Crippen molar-refractivity contribution < 1.29 is 0 Å². The van der Waals surface area contributed by atoms with E-state index in [2.05, 4.69) is 286 Å². The zero-order valence-corrected chi connectivity index (χ0v) is 43.4. The molecule has 0 saturated heterocycles. The van der Waals surface area contributed by atoms with Crippen LogP contribution in [0.3, 0.4) is 0 Å². The Labute approximate surface area is 435 Å². The van der Waals surface area contributed by atoms with Gasteiger partial charge in [-0.05, 0) is 168 Å². The first-order valence-electron chi connectivity index (χ1n) is 25.9. The highest BCUT2D eigenvalue weighted by atomic mass is 15.2. The largest absolute Gasteiger partial charge is 0.344 e. The summed E-state index contributed by atoms with van der Waals surface area (Å²) >= 11 is 0. The van der Waals surface area contributed by atoms with Crippen LogP contribution in [0.5, 0.6) is 0 Å². The van der Waals surface area contributed by atoms with Crippen molar-refractivity contribution in [2.45, 2.75) is 48.5 Å². The third kappa shape index (κ3) is 7.30. The molecule has 2 aliphatic rings. The molecule has 1 aromatic heterocycles. The van der Waals surface area contributed by atoms with Crippen molar-refractivity contribution in [3.05, 3.63) is 245 Å². The number of hydrogen-bond donors (Lipinski definition) is 0. The average Bonchev–Trinajstić information content (AvgIpc) is 3.70. The Kier molecular flexibility index (Phi) is 10.7. The average molecular weight is 956 g/mol. The quantitative estimate of drug-likeness (QED) is 0.141. The number of anilines is 12. The van der Waals surface area contributed by atoms with Gasteiger partial charge in [0, 0.05) is 74.5 Å². The van der Waals surface area contributed by atoms with E-state index in [1.165, 1.54) is 82.8 Å². The molecule has 0 aliphatic carbocycles. The molecule has 0 spiro atoms. The molecule has 74 heavy (non-hydrogen) atoms. The minimum atomic E-state index is -0.145. The number of aromatic nitrogens is 1. The van der Waals surface area contributed by atoms with Gasteiger partial charge in [-0.1, -0.05) is 142 Å². The van der Waals surface area contributed by atoms with Gasteiger partial charge in [0.2, 0.25) is 0 Å². The van der Waals surface area contributed by atoms with Crippen LogP contribution >= 0.6 is 0 Å². The van der Waals surface area contributed by atoms with Gasteiger partial charge in [0.1, 0.15) is 0 Å². The van der Waals surface area contributed by atoms with Gasteiger partial charge in [0.05, 0.1) is 22.6 Å². The molecule has 3 heterocycles. The second-order valence-electron chi connectivity index (χ2n) is 20.9. The van der Waals surface area contributed by atoms with E-state index >= 15 is 0 Å². The highest BCUT2D eigenvalue weighted by Crippen LogP contribution is 2.55. The summed E-state index contributed by atoms with van der Waals surface area (Å²) in [5.74, 6) is 0. The predicted octanol–water partition coefficient (Wildman–Crippen LogP) is 16.5. The number of nitrogens with zero attached hydrogens (tertiary/aromatic N) is 5. The molecule has 2 aliphatic heterocycles. The van der Waals surface area contributed by atoms with Crippen LogP contribution in [0.2, 0.25) is 0 Å². The van der Waals surface area contributed by atoms with E-state index < -0.39 is 0 Å². The molecular weight excluding hydrogens is 898 g/mol. The molecule has 11 aromatic rings. The maximum Gasteiger partial charge on any atom is 0.252 e. The Morgan fingerprint density at radius 3 is 1.30 bits per heavy atom. The molecule has 0 amide bonds. The van der Waals surface area contributed by atoms with Crippen molar-refractivity contribution in [3.63, 3.8) is 0 Å². The Morgan fingerprint density at radius 1 is 0.351 bits per heavy atom. The highest BCUT2D eigenvalue weighted by molar-refractivity contribution is 7.00. The van der Waals surface area contributed by atoms with Crippen LogP contribution in [0.15, 0.2) is 206 Å². The van der Waals surface area contributed by atoms with Gasteiger partial charge in [-0.15, -0.1) is 0 Å². The van der Waals surface area contributed by atoms with E-state index in [9.17, 15) is 0 Å². The second kappa shape index (κ2) is 17.5. The van der Waals surface area contributed by atoms with Gasteiger partial charge in [0.15, 0.2) is 0 Å². The molecule has 10 aromatic carbocycles. The smallest absolute Gasteiger partial charge is 0.252 e. The highest BCUT2D eigenvalue weighted by Gasteiger charge is 2.46. The summed E-state index contributed by atoms with van der Waals surface area (Å²) < 4.78 is 2.42. The summed E-state index contributed by atoms with van der Waals surface area (Å²) in [7, 11) is 2.25. The summed E-state index contributed by atoms with van der Waals surface area (Å²) in [4.78, 5) is 10.2. The standard InChI is InChI=1S/C68H58BN5/c1-43-13-26-50(27-14-43)71(51-28-15-44(2)16-29-51)56-40-63-66-64(41-56)74(55-36-23-48(6)24-37-55)67-59(69(66)58-39-49(7)25-38-61(58)73(63)54-34-21-47(5)22-35-54)42-62-65(57-11-9-10-12-60(57)70(62)8)68(67)72(52-30-17-45(3)18-31-52)53-32-19-46(4)20-33-53/h9-42H,1-8H3. The Bertz CT molecular complexity index is 3880. The maximum atomic E-state index is 2.62. The summed E-state index contributed by atoms with van der Waals surface area (Å²) in [5.41, 5.74) is 28.2. The second-order valence-corrected chi connectivity index (χ2v) is 20.9. The molecule has 0 atom stereocenters. The molecule has 6 heteroatoms. The lowest BCUT2D eigenvalue weighted by molar-refractivity contribution is 1.01. The van der Waals surface area contributed by atoms with Crippen molar-refractivity contribution in [1.29, 1.82) is 0 Å². The van der Waals surface area contributed by atoms with E-state index in [0.717, 1.165) is 62.6 Å².